The van der Waals surface area contributed by atoms with Crippen molar-refractivity contribution in [1.82, 2.24) is 0 Å². The van der Waals surface area contributed by atoms with Crippen LogP contribution in [0.15, 0.2) is 54.6 Å². The molecule has 0 amide bonds. The van der Waals surface area contributed by atoms with Gasteiger partial charge in [0.2, 0.25) is 0 Å². The summed E-state index contributed by atoms with van der Waals surface area (Å²) in [5, 5.41) is 8.53. The Kier molecular flexibility index (Phi) is 5.63. The van der Waals surface area contributed by atoms with Crippen LogP contribution in [0, 0.1) is 0 Å². The molecule has 126 valence electrons. The summed E-state index contributed by atoms with van der Waals surface area (Å²) in [4.78, 5) is 10.4. The Bertz CT molecular complexity index is 707. The fraction of sp³-hybridized carbons (Fsp3) is 0.167. The number of ether oxygens (including phenoxy) is 1. The van der Waals surface area contributed by atoms with E-state index < -0.39 is 18.8 Å². The molecule has 0 aliphatic rings. The third kappa shape index (κ3) is 4.87. The van der Waals surface area contributed by atoms with Crippen molar-refractivity contribution in [2.45, 2.75) is 12.5 Å². The van der Waals surface area contributed by atoms with Crippen LogP contribution in [-0.4, -0.2) is 17.8 Å². The van der Waals surface area contributed by atoms with E-state index in [0.29, 0.717) is 11.1 Å². The second kappa shape index (κ2) is 7.68. The fourth-order valence-corrected chi connectivity index (χ4v) is 2.00. The number of aryl methyl sites for hydroxylation is 1. The number of alkyl halides is 3. The highest BCUT2D eigenvalue weighted by Gasteiger charge is 2.34. The number of carboxylic acids is 1. The highest BCUT2D eigenvalue weighted by atomic mass is 19.3. The molecule has 2 aromatic carbocycles. The van der Waals surface area contributed by atoms with Crippen LogP contribution in [0.1, 0.15) is 16.7 Å². The minimum Gasteiger partial charge on any atom is -0.478 e. The van der Waals surface area contributed by atoms with Gasteiger partial charge < -0.3 is 9.84 Å². The third-order valence-electron chi connectivity index (χ3n) is 3.22. The summed E-state index contributed by atoms with van der Waals surface area (Å²) >= 11 is 0. The Morgan fingerprint density at radius 3 is 2.25 bits per heavy atom. The van der Waals surface area contributed by atoms with E-state index in [1.165, 1.54) is 54.6 Å². The molecule has 0 bridgehead atoms. The maximum absolute atomic E-state index is 14.1. The summed E-state index contributed by atoms with van der Waals surface area (Å²) in [7, 11) is 0. The summed E-state index contributed by atoms with van der Waals surface area (Å²) in [5.74, 6) is -1.15. The van der Waals surface area contributed by atoms with E-state index in [1.807, 2.05) is 0 Å². The van der Waals surface area contributed by atoms with Crippen molar-refractivity contribution in [3.63, 3.8) is 0 Å². The van der Waals surface area contributed by atoms with Crippen molar-refractivity contribution >= 4 is 12.0 Å². The molecule has 24 heavy (non-hydrogen) atoms. The maximum Gasteiger partial charge on any atom is 0.426 e. The quantitative estimate of drug-likeness (QED) is 0.761. The topological polar surface area (TPSA) is 46.5 Å². The lowest BCUT2D eigenvalue weighted by atomic mass is 10.1. The van der Waals surface area contributed by atoms with Gasteiger partial charge in [-0.2, -0.15) is 8.78 Å². The Hall–Kier alpha value is -2.76. The van der Waals surface area contributed by atoms with Crippen LogP contribution in [0.3, 0.4) is 0 Å². The van der Waals surface area contributed by atoms with Crippen LogP contribution < -0.4 is 4.74 Å². The number of hydrogen-bond acceptors (Lipinski definition) is 2. The molecule has 0 aromatic heterocycles. The van der Waals surface area contributed by atoms with Gasteiger partial charge in [-0.1, -0.05) is 24.3 Å². The monoisotopic (exact) mass is 336 g/mol. The molecule has 0 saturated heterocycles. The number of rotatable bonds is 7. The molecular weight excluding hydrogens is 321 g/mol. The van der Waals surface area contributed by atoms with E-state index >= 15 is 0 Å². The predicted octanol–water partition coefficient (Wildman–Crippen LogP) is 4.42. The first-order valence-electron chi connectivity index (χ1n) is 7.14. The summed E-state index contributed by atoms with van der Waals surface area (Å²) in [6.45, 7) is -0.547. The zero-order chi connectivity index (χ0) is 17.6. The van der Waals surface area contributed by atoms with Crippen molar-refractivity contribution in [2.75, 3.05) is 6.67 Å². The molecule has 2 aromatic rings. The molecule has 0 fully saturated rings. The molecule has 0 aliphatic carbocycles. The van der Waals surface area contributed by atoms with Crippen LogP contribution in [0.5, 0.6) is 5.75 Å². The van der Waals surface area contributed by atoms with Gasteiger partial charge in [0.1, 0.15) is 5.75 Å². The zero-order valence-electron chi connectivity index (χ0n) is 12.6. The fourth-order valence-electron chi connectivity index (χ4n) is 2.00. The van der Waals surface area contributed by atoms with Gasteiger partial charge in [-0.3, -0.25) is 4.39 Å². The maximum atomic E-state index is 14.1. The molecule has 0 radical (unpaired) electrons. The Morgan fingerprint density at radius 1 is 1.08 bits per heavy atom. The Labute approximate surface area is 137 Å². The Morgan fingerprint density at radius 2 is 1.71 bits per heavy atom. The summed E-state index contributed by atoms with van der Waals surface area (Å²) in [6.07, 6.45) is -1.07. The van der Waals surface area contributed by atoms with Gasteiger partial charge in [0, 0.05) is 12.5 Å². The number of benzene rings is 2. The van der Waals surface area contributed by atoms with Gasteiger partial charge in [-0.15, -0.1) is 0 Å². The highest BCUT2D eigenvalue weighted by Crippen LogP contribution is 2.31. The van der Waals surface area contributed by atoms with Crippen LogP contribution in [0.25, 0.3) is 6.08 Å². The summed E-state index contributed by atoms with van der Waals surface area (Å²) in [5.41, 5.74) is 0.843. The number of carbonyl (C=O) groups is 1. The highest BCUT2D eigenvalue weighted by molar-refractivity contribution is 5.85. The molecular formula is C18H15F3O3. The van der Waals surface area contributed by atoms with Crippen molar-refractivity contribution in [1.29, 1.82) is 0 Å². The lowest BCUT2D eigenvalue weighted by molar-refractivity contribution is -0.185. The number of hydrogen-bond donors (Lipinski definition) is 1. The van der Waals surface area contributed by atoms with Crippen LogP contribution in [-0.2, 0) is 17.3 Å². The first-order chi connectivity index (χ1) is 11.4. The van der Waals surface area contributed by atoms with Gasteiger partial charge in [-0.25, -0.2) is 4.79 Å². The lowest BCUT2D eigenvalue weighted by Crippen LogP contribution is -2.21. The van der Waals surface area contributed by atoms with Gasteiger partial charge in [-0.05, 0) is 41.5 Å². The summed E-state index contributed by atoms with van der Waals surface area (Å²) in [6, 6.07) is 10.9. The van der Waals surface area contributed by atoms with Crippen LogP contribution >= 0.6 is 0 Å². The molecule has 2 rings (SSSR count). The molecule has 0 aliphatic heterocycles. The standard InChI is InChI=1S/C18H15F3O3/c19-12-11-14-1-6-15(7-2-14)18(20,21)24-16-8-3-13(4-9-16)5-10-17(22)23/h1-10H,11-12H2,(H,22,23). The molecule has 0 saturated carbocycles. The van der Waals surface area contributed by atoms with Gasteiger partial charge in [0.15, 0.2) is 0 Å². The number of carboxylic acid groups (broad SMARTS) is 1. The zero-order valence-corrected chi connectivity index (χ0v) is 12.6. The van der Waals surface area contributed by atoms with Crippen molar-refractivity contribution in [3.05, 3.63) is 71.3 Å². The SMILES string of the molecule is O=C(O)C=Cc1ccc(OC(F)(F)c2ccc(CCF)cc2)cc1. The second-order valence-corrected chi connectivity index (χ2v) is 5.00. The van der Waals surface area contributed by atoms with Gasteiger partial charge in [0.05, 0.1) is 12.2 Å². The minimum atomic E-state index is -3.54. The van der Waals surface area contributed by atoms with Crippen LogP contribution in [0.4, 0.5) is 13.2 Å². The molecule has 0 atom stereocenters. The van der Waals surface area contributed by atoms with Gasteiger partial charge >= 0.3 is 12.1 Å². The lowest BCUT2D eigenvalue weighted by Gasteiger charge is -2.18. The van der Waals surface area contributed by atoms with Crippen molar-refractivity contribution in [3.8, 4) is 5.75 Å². The van der Waals surface area contributed by atoms with Crippen LogP contribution in [0.2, 0.25) is 0 Å². The minimum absolute atomic E-state index is 0.0553. The van der Waals surface area contributed by atoms with Crippen molar-refractivity contribution < 1.29 is 27.8 Å². The average molecular weight is 336 g/mol. The van der Waals surface area contributed by atoms with E-state index in [0.717, 1.165) is 6.08 Å². The van der Waals surface area contributed by atoms with E-state index in [1.54, 1.807) is 0 Å². The average Bonchev–Trinajstić information content (AvgIpc) is 2.55. The second-order valence-electron chi connectivity index (χ2n) is 5.00. The predicted molar refractivity (Wildman–Crippen MR) is 83.8 cm³/mol. The van der Waals surface area contributed by atoms with E-state index in [-0.39, 0.29) is 17.7 Å². The molecule has 0 heterocycles. The van der Waals surface area contributed by atoms with Gasteiger partial charge in [0.25, 0.3) is 0 Å². The number of halogens is 3. The normalized spacial score (nSPS) is 11.6. The van der Waals surface area contributed by atoms with E-state index in [4.69, 9.17) is 9.84 Å². The molecule has 3 nitrogen and oxygen atoms in total. The van der Waals surface area contributed by atoms with E-state index in [9.17, 15) is 18.0 Å². The number of aliphatic carboxylic acids is 1. The molecule has 0 spiro atoms. The van der Waals surface area contributed by atoms with E-state index in [2.05, 4.69) is 0 Å². The first-order valence-corrected chi connectivity index (χ1v) is 7.14. The van der Waals surface area contributed by atoms with Crippen molar-refractivity contribution in [2.24, 2.45) is 0 Å². The smallest absolute Gasteiger partial charge is 0.426 e. The molecule has 1 N–H and O–H groups in total. The summed E-state index contributed by atoms with van der Waals surface area (Å²) < 4.78 is 45.2. The largest absolute Gasteiger partial charge is 0.478 e. The first kappa shape index (κ1) is 17.6. The molecule has 6 heteroatoms. The Balaban J connectivity index is 2.09. The third-order valence-corrected chi connectivity index (χ3v) is 3.22. The molecule has 0 unspecified atom stereocenters.